The van der Waals surface area contributed by atoms with Gasteiger partial charge >= 0.3 is 0 Å². The molecule has 0 spiro atoms. The van der Waals surface area contributed by atoms with Crippen molar-refractivity contribution in [3.8, 4) is 0 Å². The number of hydrogen-bond donors (Lipinski definition) is 2. The van der Waals surface area contributed by atoms with Crippen molar-refractivity contribution in [3.63, 3.8) is 0 Å². The highest BCUT2D eigenvalue weighted by Crippen LogP contribution is 1.95. The summed E-state index contributed by atoms with van der Waals surface area (Å²) in [7, 11) is 0. The molecule has 12 heavy (non-hydrogen) atoms. The Bertz CT molecular complexity index is 157. The van der Waals surface area contributed by atoms with E-state index in [4.69, 9.17) is 0 Å². The number of nitrogens with one attached hydrogen (secondary N) is 1. The Kier molecular flexibility index (Phi) is 6.96. The van der Waals surface area contributed by atoms with E-state index in [1.807, 2.05) is 0 Å². The number of hydrogen-bond acceptors (Lipinski definition) is 2. The average molecular weight is 187 g/mol. The van der Waals surface area contributed by atoms with Gasteiger partial charge in [0.15, 0.2) is 0 Å². The van der Waals surface area contributed by atoms with Crippen molar-refractivity contribution in [2.75, 3.05) is 12.3 Å². The molecule has 70 valence electrons. The normalized spacial score (nSPS) is 9.50. The van der Waals surface area contributed by atoms with Gasteiger partial charge in [-0.1, -0.05) is 13.0 Å². The average Bonchev–Trinajstić information content (AvgIpc) is 2.03. The highest BCUT2D eigenvalue weighted by molar-refractivity contribution is 7.80. The Morgan fingerprint density at radius 3 is 2.58 bits per heavy atom. The van der Waals surface area contributed by atoms with Gasteiger partial charge in [-0.15, -0.1) is 0 Å². The second-order valence-electron chi connectivity index (χ2n) is 2.82. The fourth-order valence-corrected chi connectivity index (χ4v) is 0.990. The van der Waals surface area contributed by atoms with Crippen LogP contribution < -0.4 is 5.32 Å². The monoisotopic (exact) mass is 187 g/mol. The molecule has 0 aromatic carbocycles. The van der Waals surface area contributed by atoms with E-state index in [0.717, 1.165) is 31.6 Å². The van der Waals surface area contributed by atoms with Crippen LogP contribution in [0.1, 0.15) is 26.2 Å². The van der Waals surface area contributed by atoms with Gasteiger partial charge < -0.3 is 5.32 Å². The molecule has 0 saturated carbocycles. The van der Waals surface area contributed by atoms with Crippen molar-refractivity contribution in [1.29, 1.82) is 0 Å². The highest BCUT2D eigenvalue weighted by Gasteiger charge is 1.98. The second kappa shape index (κ2) is 7.22. The van der Waals surface area contributed by atoms with Gasteiger partial charge in [-0.25, -0.2) is 0 Å². The molecule has 1 amide bonds. The summed E-state index contributed by atoms with van der Waals surface area (Å²) < 4.78 is 0. The van der Waals surface area contributed by atoms with Crippen LogP contribution in [0, 0.1) is 0 Å². The lowest BCUT2D eigenvalue weighted by atomic mass is 10.2. The molecule has 0 heterocycles. The third-order valence-corrected chi connectivity index (χ3v) is 1.82. The first-order valence-electron chi connectivity index (χ1n) is 4.23. The molecule has 0 radical (unpaired) electrons. The maximum absolute atomic E-state index is 10.9. The lowest BCUT2D eigenvalue weighted by Crippen LogP contribution is -2.24. The zero-order chi connectivity index (χ0) is 9.40. The Labute approximate surface area is 79.8 Å². The summed E-state index contributed by atoms with van der Waals surface area (Å²) >= 11 is 4.09. The van der Waals surface area contributed by atoms with Crippen LogP contribution in [0.25, 0.3) is 0 Å². The minimum Gasteiger partial charge on any atom is -0.352 e. The van der Waals surface area contributed by atoms with E-state index in [1.165, 1.54) is 0 Å². The maximum Gasteiger partial charge on any atom is 0.246 e. The van der Waals surface area contributed by atoms with Crippen LogP contribution in [0.15, 0.2) is 12.2 Å². The summed E-state index contributed by atoms with van der Waals surface area (Å²) in [6, 6.07) is 0. The van der Waals surface area contributed by atoms with Crippen molar-refractivity contribution in [2.45, 2.75) is 26.2 Å². The van der Waals surface area contributed by atoms with E-state index in [0.29, 0.717) is 5.57 Å². The van der Waals surface area contributed by atoms with Gasteiger partial charge in [-0.2, -0.15) is 12.6 Å². The van der Waals surface area contributed by atoms with Crippen LogP contribution >= 0.6 is 12.6 Å². The molecule has 1 N–H and O–H groups in total. The van der Waals surface area contributed by atoms with Gasteiger partial charge in [0.2, 0.25) is 5.91 Å². The van der Waals surface area contributed by atoms with Crippen LogP contribution in [0.3, 0.4) is 0 Å². The molecule has 0 unspecified atom stereocenters. The van der Waals surface area contributed by atoms with E-state index < -0.39 is 0 Å². The first-order chi connectivity index (χ1) is 5.68. The summed E-state index contributed by atoms with van der Waals surface area (Å²) in [5.41, 5.74) is 0.573. The molecule has 2 nitrogen and oxygen atoms in total. The summed E-state index contributed by atoms with van der Waals surface area (Å²) in [5, 5.41) is 2.78. The van der Waals surface area contributed by atoms with Gasteiger partial charge in [-0.3, -0.25) is 4.79 Å². The van der Waals surface area contributed by atoms with Crippen LogP contribution in [-0.2, 0) is 4.79 Å². The molecule has 0 bridgehead atoms. The Balaban J connectivity index is 3.20. The predicted octanol–water partition coefficient (Wildman–Crippen LogP) is 1.78. The number of rotatable bonds is 6. The van der Waals surface area contributed by atoms with Crippen molar-refractivity contribution < 1.29 is 4.79 Å². The predicted molar refractivity (Wildman–Crippen MR) is 55.5 cm³/mol. The fourth-order valence-electron chi connectivity index (χ4n) is 0.766. The third-order valence-electron chi connectivity index (χ3n) is 1.51. The first kappa shape index (κ1) is 11.6. The second-order valence-corrected chi connectivity index (χ2v) is 3.27. The van der Waals surface area contributed by atoms with Gasteiger partial charge in [0, 0.05) is 12.1 Å². The van der Waals surface area contributed by atoms with Crippen molar-refractivity contribution in [2.24, 2.45) is 0 Å². The number of amides is 1. The fraction of sp³-hybridized carbons (Fsp3) is 0.667. The van der Waals surface area contributed by atoms with E-state index >= 15 is 0 Å². The lowest BCUT2D eigenvalue weighted by Gasteiger charge is -2.03. The van der Waals surface area contributed by atoms with E-state index in [1.54, 1.807) is 6.92 Å². The van der Waals surface area contributed by atoms with Crippen LogP contribution in [0.2, 0.25) is 0 Å². The molecule has 0 aliphatic heterocycles. The largest absolute Gasteiger partial charge is 0.352 e. The Morgan fingerprint density at radius 2 is 2.08 bits per heavy atom. The molecule has 0 rings (SSSR count). The Hall–Kier alpha value is -0.440. The third kappa shape index (κ3) is 6.28. The molecule has 0 aromatic rings. The SMILES string of the molecule is C=C(C)C(=O)NCCCCCS. The van der Waals surface area contributed by atoms with Gasteiger partial charge in [-0.05, 0) is 25.5 Å². The molecular formula is C9H17NOS. The summed E-state index contributed by atoms with van der Waals surface area (Å²) in [6.07, 6.45) is 3.27. The number of unbranched alkanes of at least 4 members (excludes halogenated alkanes) is 2. The van der Waals surface area contributed by atoms with Crippen molar-refractivity contribution in [3.05, 3.63) is 12.2 Å². The smallest absolute Gasteiger partial charge is 0.246 e. The molecule has 0 aliphatic carbocycles. The molecule has 3 heteroatoms. The van der Waals surface area contributed by atoms with E-state index in [2.05, 4.69) is 24.5 Å². The molecular weight excluding hydrogens is 170 g/mol. The topological polar surface area (TPSA) is 29.1 Å². The first-order valence-corrected chi connectivity index (χ1v) is 4.86. The van der Waals surface area contributed by atoms with E-state index in [-0.39, 0.29) is 5.91 Å². The number of carbonyl (C=O) groups excluding carboxylic acids is 1. The quantitative estimate of drug-likeness (QED) is 0.370. The van der Waals surface area contributed by atoms with Crippen LogP contribution in [-0.4, -0.2) is 18.2 Å². The number of carbonyl (C=O) groups is 1. The van der Waals surface area contributed by atoms with Gasteiger partial charge in [0.25, 0.3) is 0 Å². The van der Waals surface area contributed by atoms with Crippen molar-refractivity contribution in [1.82, 2.24) is 5.32 Å². The molecule has 0 aliphatic rings. The summed E-state index contributed by atoms with van der Waals surface area (Å²) in [6.45, 7) is 6.01. The molecule has 0 saturated heterocycles. The number of thiol groups is 1. The van der Waals surface area contributed by atoms with Crippen molar-refractivity contribution >= 4 is 18.5 Å². The molecule has 0 fully saturated rings. The van der Waals surface area contributed by atoms with Crippen LogP contribution in [0.5, 0.6) is 0 Å². The Morgan fingerprint density at radius 1 is 1.42 bits per heavy atom. The minimum absolute atomic E-state index is 0.0409. The summed E-state index contributed by atoms with van der Waals surface area (Å²) in [5.74, 6) is 0.884. The minimum atomic E-state index is -0.0409. The summed E-state index contributed by atoms with van der Waals surface area (Å²) in [4.78, 5) is 10.9. The lowest BCUT2D eigenvalue weighted by molar-refractivity contribution is -0.117. The maximum atomic E-state index is 10.9. The van der Waals surface area contributed by atoms with Crippen LogP contribution in [0.4, 0.5) is 0 Å². The standard InChI is InChI=1S/C9H17NOS/c1-8(2)9(11)10-6-4-3-5-7-12/h12H,1,3-7H2,2H3,(H,10,11). The highest BCUT2D eigenvalue weighted by atomic mass is 32.1. The zero-order valence-corrected chi connectivity index (χ0v) is 8.49. The van der Waals surface area contributed by atoms with E-state index in [9.17, 15) is 4.79 Å². The molecule has 0 aromatic heterocycles. The van der Waals surface area contributed by atoms with Gasteiger partial charge in [0.05, 0.1) is 0 Å². The van der Waals surface area contributed by atoms with Gasteiger partial charge in [0.1, 0.15) is 0 Å². The molecule has 0 atom stereocenters. The zero-order valence-electron chi connectivity index (χ0n) is 7.60.